The summed E-state index contributed by atoms with van der Waals surface area (Å²) in [6, 6.07) is 11.7. The summed E-state index contributed by atoms with van der Waals surface area (Å²) in [5, 5.41) is 15.9. The average Bonchev–Trinajstić information content (AvgIpc) is 3.04. The molecule has 0 radical (unpaired) electrons. The van der Waals surface area contributed by atoms with Gasteiger partial charge in [-0.1, -0.05) is 29.5 Å². The first-order chi connectivity index (χ1) is 10.6. The zero-order valence-corrected chi connectivity index (χ0v) is 13.5. The van der Waals surface area contributed by atoms with Crippen molar-refractivity contribution in [2.75, 3.05) is 11.9 Å². The van der Waals surface area contributed by atoms with Gasteiger partial charge in [0.05, 0.1) is 15.7 Å². The molecular weight excluding hydrogens is 318 g/mol. The molecule has 0 saturated carbocycles. The van der Waals surface area contributed by atoms with Gasteiger partial charge in [-0.25, -0.2) is 4.98 Å². The number of thiazole rings is 1. The lowest BCUT2D eigenvalue weighted by molar-refractivity contribution is 0.0928. The van der Waals surface area contributed by atoms with Crippen LogP contribution in [-0.2, 0) is 0 Å². The highest BCUT2D eigenvalue weighted by atomic mass is 32.1. The number of nitrogens with one attached hydrogen (secondary N) is 2. The van der Waals surface area contributed by atoms with Crippen LogP contribution >= 0.6 is 22.7 Å². The molecule has 2 aromatic heterocycles. The largest absolute Gasteiger partial charge is 0.392 e. The number of para-hydroxylation sites is 1. The van der Waals surface area contributed by atoms with E-state index in [-0.39, 0.29) is 12.5 Å². The Morgan fingerprint density at radius 2 is 2.09 bits per heavy atom. The molecule has 0 aliphatic heterocycles. The minimum atomic E-state index is -0.551. The number of fused-ring (bicyclic) bond motifs is 1. The van der Waals surface area contributed by atoms with Crippen LogP contribution in [0.2, 0.25) is 0 Å². The fourth-order valence-electron chi connectivity index (χ4n) is 1.87. The predicted octanol–water partition coefficient (Wildman–Crippen LogP) is 3.21. The van der Waals surface area contributed by atoms with Crippen LogP contribution in [0.1, 0.15) is 16.6 Å². The van der Waals surface area contributed by atoms with E-state index in [4.69, 9.17) is 0 Å². The highest BCUT2D eigenvalue weighted by molar-refractivity contribution is 7.29. The molecule has 3 N–H and O–H groups in total. The molecule has 0 aliphatic rings. The highest BCUT2D eigenvalue weighted by Gasteiger charge is 2.14. The summed E-state index contributed by atoms with van der Waals surface area (Å²) in [4.78, 5) is 17.9. The highest BCUT2D eigenvalue weighted by Crippen LogP contribution is 2.34. The molecule has 3 aromatic rings. The van der Waals surface area contributed by atoms with Crippen LogP contribution in [0.25, 0.3) is 9.53 Å². The molecule has 1 aromatic carbocycles. The van der Waals surface area contributed by atoms with Gasteiger partial charge in [-0.15, -0.1) is 11.3 Å². The lowest BCUT2D eigenvalue weighted by Gasteiger charge is -2.04. The number of carbonyl (C=O) groups is 1. The van der Waals surface area contributed by atoms with E-state index in [1.807, 2.05) is 36.4 Å². The van der Waals surface area contributed by atoms with Gasteiger partial charge in [-0.2, -0.15) is 0 Å². The van der Waals surface area contributed by atoms with Gasteiger partial charge < -0.3 is 15.7 Å². The van der Waals surface area contributed by atoms with Crippen molar-refractivity contribution >= 4 is 48.9 Å². The number of carbonyl (C=O) groups excluding carboxylic acids is 1. The van der Waals surface area contributed by atoms with Crippen molar-refractivity contribution in [3.8, 4) is 0 Å². The van der Waals surface area contributed by atoms with Gasteiger partial charge in [0.15, 0.2) is 5.13 Å². The number of hydrogen-bond acceptors (Lipinski definition) is 6. The van der Waals surface area contributed by atoms with Crippen molar-refractivity contribution < 1.29 is 9.90 Å². The summed E-state index contributed by atoms with van der Waals surface area (Å²) in [6.07, 6.45) is -0.551. The summed E-state index contributed by atoms with van der Waals surface area (Å²) in [7, 11) is 0. The molecule has 1 unspecified atom stereocenters. The SMILES string of the molecule is CC(O)CNC(=O)c1cc2sc(Nc3ccccc3)nc2s1. The first kappa shape index (κ1) is 15.0. The summed E-state index contributed by atoms with van der Waals surface area (Å²) in [5.41, 5.74) is 0.985. The van der Waals surface area contributed by atoms with Gasteiger partial charge in [0.25, 0.3) is 5.91 Å². The number of hydrogen-bond donors (Lipinski definition) is 3. The molecule has 0 aliphatic carbocycles. The number of thiophene rings is 1. The zero-order chi connectivity index (χ0) is 15.5. The first-order valence-corrected chi connectivity index (χ1v) is 8.44. The fraction of sp³-hybridized carbons (Fsp3) is 0.200. The third-order valence-electron chi connectivity index (χ3n) is 2.90. The van der Waals surface area contributed by atoms with Gasteiger partial charge in [0.2, 0.25) is 0 Å². The molecule has 3 rings (SSSR count). The normalized spacial score (nSPS) is 12.3. The summed E-state index contributed by atoms with van der Waals surface area (Å²) >= 11 is 2.87. The molecule has 5 nitrogen and oxygen atoms in total. The molecule has 1 amide bonds. The third kappa shape index (κ3) is 3.44. The Hall–Kier alpha value is -1.96. The number of anilines is 2. The Balaban J connectivity index is 1.73. The Labute approximate surface area is 135 Å². The Bertz CT molecular complexity index is 749. The smallest absolute Gasteiger partial charge is 0.261 e. The van der Waals surface area contributed by atoms with Gasteiger partial charge >= 0.3 is 0 Å². The summed E-state index contributed by atoms with van der Waals surface area (Å²) in [5.74, 6) is -0.173. The maximum atomic E-state index is 11.9. The van der Waals surface area contributed by atoms with E-state index in [0.29, 0.717) is 4.88 Å². The minimum absolute atomic E-state index is 0.173. The lowest BCUT2D eigenvalue weighted by Crippen LogP contribution is -2.29. The molecule has 0 saturated heterocycles. The van der Waals surface area contributed by atoms with Crippen molar-refractivity contribution in [1.29, 1.82) is 0 Å². The van der Waals surface area contributed by atoms with Crippen molar-refractivity contribution in [2.24, 2.45) is 0 Å². The van der Waals surface area contributed by atoms with Crippen LogP contribution in [0.4, 0.5) is 10.8 Å². The molecule has 1 atom stereocenters. The van der Waals surface area contributed by atoms with E-state index < -0.39 is 6.10 Å². The number of amides is 1. The first-order valence-electron chi connectivity index (χ1n) is 6.80. The second-order valence-corrected chi connectivity index (χ2v) is 6.91. The standard InChI is InChI=1S/C15H15N3O2S2/c1-9(19)8-16-13(20)11-7-12-14(21-11)18-15(22-12)17-10-5-3-2-4-6-10/h2-7,9,19H,8H2,1H3,(H,16,20)(H,17,18). The number of aliphatic hydroxyl groups is 1. The molecule has 0 fully saturated rings. The number of nitrogens with zero attached hydrogens (tertiary/aromatic N) is 1. The summed E-state index contributed by atoms with van der Waals surface area (Å²) in [6.45, 7) is 1.88. The van der Waals surface area contributed by atoms with E-state index in [1.54, 1.807) is 6.92 Å². The third-order valence-corrected chi connectivity index (χ3v) is 4.97. The molecule has 0 bridgehead atoms. The Morgan fingerprint density at radius 1 is 1.32 bits per heavy atom. The molecule has 22 heavy (non-hydrogen) atoms. The Morgan fingerprint density at radius 3 is 2.77 bits per heavy atom. The zero-order valence-electron chi connectivity index (χ0n) is 11.9. The van der Waals surface area contributed by atoms with Gasteiger partial charge in [-0.3, -0.25) is 4.79 Å². The quantitative estimate of drug-likeness (QED) is 0.670. The molecule has 114 valence electrons. The maximum absolute atomic E-state index is 11.9. The van der Waals surface area contributed by atoms with E-state index >= 15 is 0 Å². The van der Waals surface area contributed by atoms with E-state index in [0.717, 1.165) is 20.3 Å². The van der Waals surface area contributed by atoms with E-state index in [9.17, 15) is 9.90 Å². The van der Waals surface area contributed by atoms with Crippen LogP contribution in [0.5, 0.6) is 0 Å². The van der Waals surface area contributed by atoms with E-state index in [1.165, 1.54) is 22.7 Å². The monoisotopic (exact) mass is 333 g/mol. The second kappa shape index (κ2) is 6.43. The number of rotatable bonds is 5. The average molecular weight is 333 g/mol. The number of benzene rings is 1. The van der Waals surface area contributed by atoms with Crippen molar-refractivity contribution in [3.05, 3.63) is 41.3 Å². The topological polar surface area (TPSA) is 74.2 Å². The van der Waals surface area contributed by atoms with E-state index in [2.05, 4.69) is 15.6 Å². The second-order valence-electron chi connectivity index (χ2n) is 4.85. The van der Waals surface area contributed by atoms with Crippen LogP contribution in [0.15, 0.2) is 36.4 Å². The molecule has 0 spiro atoms. The van der Waals surface area contributed by atoms with Crippen LogP contribution in [0.3, 0.4) is 0 Å². The summed E-state index contributed by atoms with van der Waals surface area (Å²) < 4.78 is 0.977. The van der Waals surface area contributed by atoms with Crippen LogP contribution < -0.4 is 10.6 Å². The van der Waals surface area contributed by atoms with Crippen molar-refractivity contribution in [3.63, 3.8) is 0 Å². The number of aromatic nitrogens is 1. The van der Waals surface area contributed by atoms with Gasteiger partial charge in [0, 0.05) is 12.2 Å². The fourth-order valence-corrected chi connectivity index (χ4v) is 3.93. The van der Waals surface area contributed by atoms with Gasteiger partial charge in [0.1, 0.15) is 4.83 Å². The van der Waals surface area contributed by atoms with Crippen molar-refractivity contribution in [1.82, 2.24) is 10.3 Å². The molecule has 7 heteroatoms. The Kier molecular flexibility index (Phi) is 4.37. The minimum Gasteiger partial charge on any atom is -0.392 e. The predicted molar refractivity (Wildman–Crippen MR) is 91.2 cm³/mol. The number of aliphatic hydroxyl groups excluding tert-OH is 1. The lowest BCUT2D eigenvalue weighted by atomic mass is 10.3. The maximum Gasteiger partial charge on any atom is 0.261 e. The molecular formula is C15H15N3O2S2. The molecule has 2 heterocycles. The van der Waals surface area contributed by atoms with Crippen LogP contribution in [-0.4, -0.2) is 28.6 Å². The van der Waals surface area contributed by atoms with Crippen LogP contribution in [0, 0.1) is 0 Å². The van der Waals surface area contributed by atoms with Crippen molar-refractivity contribution in [2.45, 2.75) is 13.0 Å². The van der Waals surface area contributed by atoms with Gasteiger partial charge in [-0.05, 0) is 25.1 Å².